The molecule has 2 aliphatic heterocycles. The summed E-state index contributed by atoms with van der Waals surface area (Å²) in [6.07, 6.45) is 2.86. The van der Waals surface area contributed by atoms with Gasteiger partial charge >= 0.3 is 0 Å². The van der Waals surface area contributed by atoms with Crippen LogP contribution in [-0.2, 0) is 9.53 Å². The molecule has 0 N–H and O–H groups in total. The Morgan fingerprint density at radius 1 is 1.04 bits per heavy atom. The Hall–Kier alpha value is -1.72. The molecule has 0 spiro atoms. The van der Waals surface area contributed by atoms with Crippen LogP contribution in [0.25, 0.3) is 0 Å². The van der Waals surface area contributed by atoms with Crippen molar-refractivity contribution in [1.29, 1.82) is 0 Å². The SMILES string of the molecule is O=C(CCC(=O)N1CCC[C@H](CN2CCOCC2)C1)c1ccccc1. The summed E-state index contributed by atoms with van der Waals surface area (Å²) in [6.45, 7) is 6.34. The quantitative estimate of drug-likeness (QED) is 0.743. The van der Waals surface area contributed by atoms with Crippen LogP contribution in [0.15, 0.2) is 30.3 Å². The van der Waals surface area contributed by atoms with Gasteiger partial charge in [-0.15, -0.1) is 0 Å². The minimum atomic E-state index is 0.0517. The average Bonchev–Trinajstić information content (AvgIpc) is 2.67. The number of likely N-dealkylation sites (tertiary alicyclic amines) is 1. The first kappa shape index (κ1) is 18.1. The maximum absolute atomic E-state index is 12.5. The zero-order chi connectivity index (χ0) is 17.5. The maximum atomic E-state index is 12.5. The topological polar surface area (TPSA) is 49.9 Å². The summed E-state index contributed by atoms with van der Waals surface area (Å²) in [7, 11) is 0. The predicted octanol–water partition coefficient (Wildman–Crippen LogP) is 2.22. The molecule has 1 amide bonds. The van der Waals surface area contributed by atoms with E-state index in [1.165, 1.54) is 6.42 Å². The van der Waals surface area contributed by atoms with E-state index in [-0.39, 0.29) is 11.7 Å². The van der Waals surface area contributed by atoms with E-state index in [1.807, 2.05) is 35.2 Å². The number of piperidine rings is 1. The summed E-state index contributed by atoms with van der Waals surface area (Å²) in [5.74, 6) is 0.715. The Kier molecular flexibility index (Phi) is 6.59. The first-order valence-corrected chi connectivity index (χ1v) is 9.38. The van der Waals surface area contributed by atoms with Gasteiger partial charge in [0.1, 0.15) is 0 Å². The van der Waals surface area contributed by atoms with Crippen molar-refractivity contribution in [2.24, 2.45) is 5.92 Å². The smallest absolute Gasteiger partial charge is 0.223 e. The van der Waals surface area contributed by atoms with E-state index in [4.69, 9.17) is 4.74 Å². The molecular weight excluding hydrogens is 316 g/mol. The number of nitrogens with zero attached hydrogens (tertiary/aromatic N) is 2. The number of rotatable bonds is 6. The van der Waals surface area contributed by atoms with Gasteiger partial charge in [0.2, 0.25) is 5.91 Å². The number of hydrogen-bond acceptors (Lipinski definition) is 4. The Labute approximate surface area is 149 Å². The molecule has 0 aliphatic carbocycles. The summed E-state index contributed by atoms with van der Waals surface area (Å²) in [4.78, 5) is 29.1. The fourth-order valence-electron chi connectivity index (χ4n) is 3.74. The van der Waals surface area contributed by atoms with Crippen molar-refractivity contribution in [1.82, 2.24) is 9.80 Å². The minimum absolute atomic E-state index is 0.0517. The lowest BCUT2D eigenvalue weighted by Gasteiger charge is -2.36. The molecule has 1 aromatic rings. The van der Waals surface area contributed by atoms with E-state index < -0.39 is 0 Å². The molecule has 136 valence electrons. The molecule has 2 saturated heterocycles. The predicted molar refractivity (Wildman–Crippen MR) is 96.6 cm³/mol. The Morgan fingerprint density at radius 3 is 2.56 bits per heavy atom. The molecule has 2 aliphatic rings. The molecule has 25 heavy (non-hydrogen) atoms. The molecule has 2 fully saturated rings. The van der Waals surface area contributed by atoms with E-state index >= 15 is 0 Å². The molecule has 0 unspecified atom stereocenters. The van der Waals surface area contributed by atoms with E-state index in [0.29, 0.717) is 24.3 Å². The van der Waals surface area contributed by atoms with Gasteiger partial charge in [0.05, 0.1) is 13.2 Å². The lowest BCUT2D eigenvalue weighted by molar-refractivity contribution is -0.133. The van der Waals surface area contributed by atoms with Gasteiger partial charge in [-0.1, -0.05) is 30.3 Å². The number of ketones is 1. The molecule has 0 radical (unpaired) electrons. The highest BCUT2D eigenvalue weighted by Crippen LogP contribution is 2.19. The van der Waals surface area contributed by atoms with Crippen molar-refractivity contribution in [3.8, 4) is 0 Å². The van der Waals surface area contributed by atoms with E-state index in [0.717, 1.165) is 52.4 Å². The lowest BCUT2D eigenvalue weighted by atomic mass is 9.96. The fraction of sp³-hybridized carbons (Fsp3) is 0.600. The van der Waals surface area contributed by atoms with E-state index in [2.05, 4.69) is 4.90 Å². The number of carbonyl (C=O) groups excluding carboxylic acids is 2. The molecule has 1 atom stereocenters. The van der Waals surface area contributed by atoms with Crippen molar-refractivity contribution in [2.75, 3.05) is 45.9 Å². The van der Waals surface area contributed by atoms with Crippen LogP contribution in [0.3, 0.4) is 0 Å². The highest BCUT2D eigenvalue weighted by atomic mass is 16.5. The standard InChI is InChI=1S/C20H28N2O3/c23-19(18-6-2-1-3-7-18)8-9-20(24)22-10-4-5-17(16-22)15-21-11-13-25-14-12-21/h1-3,6-7,17H,4-5,8-16H2/t17-/m1/s1. The molecule has 5 nitrogen and oxygen atoms in total. The van der Waals surface area contributed by atoms with Gasteiger partial charge in [0, 0.05) is 51.1 Å². The molecule has 2 heterocycles. The third kappa shape index (κ3) is 5.38. The zero-order valence-electron chi connectivity index (χ0n) is 14.9. The molecule has 3 rings (SSSR count). The normalized spacial score (nSPS) is 21.9. The highest BCUT2D eigenvalue weighted by molar-refractivity contribution is 5.97. The number of morpholine rings is 1. The number of carbonyl (C=O) groups is 2. The Morgan fingerprint density at radius 2 is 1.80 bits per heavy atom. The van der Waals surface area contributed by atoms with Gasteiger partial charge in [-0.25, -0.2) is 0 Å². The van der Waals surface area contributed by atoms with Gasteiger partial charge in [-0.05, 0) is 18.8 Å². The molecule has 0 aromatic heterocycles. The summed E-state index contributed by atoms with van der Waals surface area (Å²) < 4.78 is 5.40. The largest absolute Gasteiger partial charge is 0.379 e. The van der Waals surface area contributed by atoms with E-state index in [9.17, 15) is 9.59 Å². The highest BCUT2D eigenvalue weighted by Gasteiger charge is 2.26. The number of Topliss-reactive ketones (excluding diaryl/α,β-unsaturated/α-hetero) is 1. The van der Waals surface area contributed by atoms with Gasteiger partial charge in [0.15, 0.2) is 5.78 Å². The minimum Gasteiger partial charge on any atom is -0.379 e. The summed E-state index contributed by atoms with van der Waals surface area (Å²) in [5, 5.41) is 0. The zero-order valence-corrected chi connectivity index (χ0v) is 14.9. The summed E-state index contributed by atoms with van der Waals surface area (Å²) in [6, 6.07) is 9.23. The summed E-state index contributed by atoms with van der Waals surface area (Å²) >= 11 is 0. The van der Waals surface area contributed by atoms with Gasteiger partial charge in [-0.2, -0.15) is 0 Å². The first-order chi connectivity index (χ1) is 12.2. The first-order valence-electron chi connectivity index (χ1n) is 9.38. The number of hydrogen-bond donors (Lipinski definition) is 0. The van der Waals surface area contributed by atoms with Crippen molar-refractivity contribution in [3.05, 3.63) is 35.9 Å². The van der Waals surface area contributed by atoms with E-state index in [1.54, 1.807) is 0 Å². The van der Waals surface area contributed by atoms with Crippen molar-refractivity contribution >= 4 is 11.7 Å². The number of amides is 1. The second kappa shape index (κ2) is 9.11. The van der Waals surface area contributed by atoms with Crippen LogP contribution < -0.4 is 0 Å². The maximum Gasteiger partial charge on any atom is 0.223 e. The van der Waals surface area contributed by atoms with Crippen molar-refractivity contribution < 1.29 is 14.3 Å². The van der Waals surface area contributed by atoms with Crippen LogP contribution in [-0.4, -0.2) is 67.4 Å². The van der Waals surface area contributed by atoms with Crippen LogP contribution in [0.5, 0.6) is 0 Å². The molecular formula is C20H28N2O3. The van der Waals surface area contributed by atoms with Crippen LogP contribution in [0.4, 0.5) is 0 Å². The van der Waals surface area contributed by atoms with Crippen LogP contribution >= 0.6 is 0 Å². The number of benzene rings is 1. The Balaban J connectivity index is 1.44. The molecule has 0 bridgehead atoms. The van der Waals surface area contributed by atoms with Crippen LogP contribution in [0.1, 0.15) is 36.0 Å². The monoisotopic (exact) mass is 344 g/mol. The Bertz CT molecular complexity index is 570. The van der Waals surface area contributed by atoms with Crippen molar-refractivity contribution in [3.63, 3.8) is 0 Å². The summed E-state index contributed by atoms with van der Waals surface area (Å²) in [5.41, 5.74) is 0.694. The van der Waals surface area contributed by atoms with Crippen LogP contribution in [0, 0.1) is 5.92 Å². The third-order valence-electron chi connectivity index (χ3n) is 5.15. The average molecular weight is 344 g/mol. The van der Waals surface area contributed by atoms with Gasteiger partial charge in [0.25, 0.3) is 0 Å². The lowest BCUT2D eigenvalue weighted by Crippen LogP contribution is -2.46. The van der Waals surface area contributed by atoms with Gasteiger partial charge in [-0.3, -0.25) is 14.5 Å². The molecule has 1 aromatic carbocycles. The second-order valence-corrected chi connectivity index (χ2v) is 7.05. The number of ether oxygens (including phenoxy) is 1. The van der Waals surface area contributed by atoms with Crippen molar-refractivity contribution in [2.45, 2.75) is 25.7 Å². The third-order valence-corrected chi connectivity index (χ3v) is 5.15. The second-order valence-electron chi connectivity index (χ2n) is 7.05. The van der Waals surface area contributed by atoms with Gasteiger partial charge < -0.3 is 9.64 Å². The fourth-order valence-corrected chi connectivity index (χ4v) is 3.74. The molecule has 5 heteroatoms. The molecule has 0 saturated carbocycles. The van der Waals surface area contributed by atoms with Crippen LogP contribution in [0.2, 0.25) is 0 Å².